The zero-order chi connectivity index (χ0) is 10.4. The Kier molecular flexibility index (Phi) is 5.98. The molecule has 0 saturated heterocycles. The van der Waals surface area contributed by atoms with Crippen LogP contribution in [0.25, 0.3) is 0 Å². The van der Waals surface area contributed by atoms with Crippen LogP contribution in [0, 0.1) is 0 Å². The van der Waals surface area contributed by atoms with E-state index in [2.05, 4.69) is 4.74 Å². The number of carbonyl (C=O) groups excluding carboxylic acids is 1. The molecule has 0 aromatic carbocycles. The average molecular weight is 224 g/mol. The van der Waals surface area contributed by atoms with Crippen molar-refractivity contribution < 1.29 is 19.4 Å². The van der Waals surface area contributed by atoms with Crippen LogP contribution in [0.3, 0.4) is 0 Å². The maximum absolute atomic E-state index is 10.9. The van der Waals surface area contributed by atoms with Crippen molar-refractivity contribution >= 4 is 33.5 Å². The van der Waals surface area contributed by atoms with E-state index in [1.807, 2.05) is 0 Å². The number of methoxy groups -OCH3 is 1. The highest BCUT2D eigenvalue weighted by Gasteiger charge is 2.18. The second-order valence-corrected chi connectivity index (χ2v) is 5.29. The van der Waals surface area contributed by atoms with Gasteiger partial charge in [-0.25, -0.2) is 0 Å². The number of ether oxygens (including phenoxy) is 1. The fourth-order valence-corrected chi connectivity index (χ4v) is 2.49. The van der Waals surface area contributed by atoms with Gasteiger partial charge >= 0.3 is 11.9 Å². The lowest BCUT2D eigenvalue weighted by Gasteiger charge is -2.09. The van der Waals surface area contributed by atoms with E-state index in [-0.39, 0.29) is 11.2 Å². The largest absolute Gasteiger partial charge is 0.480 e. The number of hydrogen-bond donors (Lipinski definition) is 1. The van der Waals surface area contributed by atoms with E-state index in [9.17, 15) is 9.59 Å². The average Bonchev–Trinajstić information content (AvgIpc) is 2.11. The lowest BCUT2D eigenvalue weighted by Crippen LogP contribution is -2.16. The van der Waals surface area contributed by atoms with E-state index in [0.717, 1.165) is 10.8 Å². The summed E-state index contributed by atoms with van der Waals surface area (Å²) in [5.41, 5.74) is 0. The predicted octanol–water partition coefficient (Wildman–Crippen LogP) is 1.40. The van der Waals surface area contributed by atoms with E-state index >= 15 is 0 Å². The molecule has 0 aliphatic carbocycles. The van der Waals surface area contributed by atoms with Gasteiger partial charge in [0.1, 0.15) is 10.5 Å². The lowest BCUT2D eigenvalue weighted by molar-refractivity contribution is -0.139. The summed E-state index contributed by atoms with van der Waals surface area (Å²) < 4.78 is 4.48. The maximum Gasteiger partial charge on any atom is 0.319 e. The fourth-order valence-electron chi connectivity index (χ4n) is 0.413. The zero-order valence-electron chi connectivity index (χ0n) is 7.64. The van der Waals surface area contributed by atoms with Gasteiger partial charge in [0.2, 0.25) is 0 Å². The first kappa shape index (κ1) is 12.6. The summed E-state index contributed by atoms with van der Waals surface area (Å²) in [6.07, 6.45) is 0. The topological polar surface area (TPSA) is 63.6 Å². The van der Waals surface area contributed by atoms with Crippen molar-refractivity contribution in [2.45, 2.75) is 24.3 Å². The summed E-state index contributed by atoms with van der Waals surface area (Å²) in [4.78, 5) is 21.3. The van der Waals surface area contributed by atoms with E-state index in [1.54, 1.807) is 13.8 Å². The van der Waals surface area contributed by atoms with Gasteiger partial charge in [0, 0.05) is 0 Å². The minimum Gasteiger partial charge on any atom is -0.480 e. The first-order chi connectivity index (χ1) is 5.99. The Hall–Kier alpha value is -0.360. The molecule has 0 bridgehead atoms. The SMILES string of the molecule is COC(=O)C(C)SSC(C)C(=O)O. The van der Waals surface area contributed by atoms with Gasteiger partial charge in [0.05, 0.1) is 7.11 Å². The van der Waals surface area contributed by atoms with Crippen molar-refractivity contribution in [3.63, 3.8) is 0 Å². The molecule has 76 valence electrons. The molecular formula is C7H12O4S2. The Morgan fingerprint density at radius 3 is 2.08 bits per heavy atom. The van der Waals surface area contributed by atoms with Gasteiger partial charge in [-0.3, -0.25) is 9.59 Å². The van der Waals surface area contributed by atoms with Gasteiger partial charge < -0.3 is 9.84 Å². The molecule has 0 radical (unpaired) electrons. The molecule has 0 aromatic heterocycles. The van der Waals surface area contributed by atoms with Crippen LogP contribution in [0.1, 0.15) is 13.8 Å². The highest BCUT2D eigenvalue weighted by Crippen LogP contribution is 2.31. The lowest BCUT2D eigenvalue weighted by atomic mass is 10.5. The number of rotatable bonds is 5. The van der Waals surface area contributed by atoms with E-state index in [4.69, 9.17) is 5.11 Å². The molecule has 0 amide bonds. The Morgan fingerprint density at radius 1 is 1.23 bits per heavy atom. The van der Waals surface area contributed by atoms with Crippen LogP contribution >= 0.6 is 21.6 Å². The molecular weight excluding hydrogens is 212 g/mol. The molecule has 6 heteroatoms. The highest BCUT2D eigenvalue weighted by molar-refractivity contribution is 8.77. The molecule has 13 heavy (non-hydrogen) atoms. The molecule has 0 spiro atoms. The molecule has 1 N–H and O–H groups in total. The first-order valence-corrected chi connectivity index (χ1v) is 5.89. The van der Waals surface area contributed by atoms with Crippen LogP contribution < -0.4 is 0 Å². The van der Waals surface area contributed by atoms with Crippen molar-refractivity contribution in [2.75, 3.05) is 7.11 Å². The predicted molar refractivity (Wildman–Crippen MR) is 53.8 cm³/mol. The number of carboxylic acids is 1. The molecule has 0 aliphatic rings. The second kappa shape index (κ2) is 6.15. The molecule has 0 heterocycles. The molecule has 4 nitrogen and oxygen atoms in total. The van der Waals surface area contributed by atoms with Gasteiger partial charge in [-0.2, -0.15) is 0 Å². The fraction of sp³-hybridized carbons (Fsp3) is 0.714. The Labute approximate surface area is 84.8 Å². The number of esters is 1. The van der Waals surface area contributed by atoms with Crippen LogP contribution in [0.4, 0.5) is 0 Å². The monoisotopic (exact) mass is 224 g/mol. The summed E-state index contributed by atoms with van der Waals surface area (Å²) in [7, 11) is 3.67. The van der Waals surface area contributed by atoms with Crippen LogP contribution in [0.2, 0.25) is 0 Å². The Balaban J connectivity index is 3.76. The van der Waals surface area contributed by atoms with E-state index in [0.29, 0.717) is 0 Å². The maximum atomic E-state index is 10.9. The van der Waals surface area contributed by atoms with Crippen LogP contribution in [-0.4, -0.2) is 34.7 Å². The quantitative estimate of drug-likeness (QED) is 0.562. The van der Waals surface area contributed by atoms with Crippen LogP contribution in [-0.2, 0) is 14.3 Å². The summed E-state index contributed by atoms with van der Waals surface area (Å²) in [5, 5.41) is 7.69. The first-order valence-electron chi connectivity index (χ1n) is 3.61. The summed E-state index contributed by atoms with van der Waals surface area (Å²) in [6.45, 7) is 3.25. The van der Waals surface area contributed by atoms with Crippen molar-refractivity contribution in [2.24, 2.45) is 0 Å². The molecule has 2 unspecified atom stereocenters. The smallest absolute Gasteiger partial charge is 0.319 e. The van der Waals surface area contributed by atoms with Crippen molar-refractivity contribution in [1.82, 2.24) is 0 Å². The third-order valence-corrected chi connectivity index (χ3v) is 4.37. The standard InChI is InChI=1S/C7H12O4S2/c1-4(6(8)9)12-13-5(2)7(10)11-3/h4-5H,1-3H3,(H,8,9). The second-order valence-electron chi connectivity index (χ2n) is 2.34. The number of carboxylic acid groups (broad SMARTS) is 1. The number of carbonyl (C=O) groups is 2. The molecule has 0 aromatic rings. The molecule has 0 aliphatic heterocycles. The number of hydrogen-bond acceptors (Lipinski definition) is 5. The van der Waals surface area contributed by atoms with Crippen molar-refractivity contribution in [3.8, 4) is 0 Å². The highest BCUT2D eigenvalue weighted by atomic mass is 33.1. The minimum absolute atomic E-state index is 0.336. The van der Waals surface area contributed by atoms with E-state index < -0.39 is 11.2 Å². The minimum atomic E-state index is -0.880. The normalized spacial score (nSPS) is 14.7. The molecule has 2 atom stereocenters. The van der Waals surface area contributed by atoms with Crippen LogP contribution in [0.5, 0.6) is 0 Å². The molecule has 0 saturated carbocycles. The summed E-state index contributed by atoms with van der Waals surface area (Å²) in [5.74, 6) is -1.22. The van der Waals surface area contributed by atoms with Crippen molar-refractivity contribution in [3.05, 3.63) is 0 Å². The van der Waals surface area contributed by atoms with Gasteiger partial charge in [-0.1, -0.05) is 21.6 Å². The van der Waals surface area contributed by atoms with Crippen molar-refractivity contribution in [1.29, 1.82) is 0 Å². The van der Waals surface area contributed by atoms with E-state index in [1.165, 1.54) is 17.9 Å². The number of aliphatic carboxylic acids is 1. The van der Waals surface area contributed by atoms with Crippen LogP contribution in [0.15, 0.2) is 0 Å². The molecule has 0 fully saturated rings. The van der Waals surface area contributed by atoms with Gasteiger partial charge in [-0.05, 0) is 13.8 Å². The Morgan fingerprint density at radius 2 is 1.69 bits per heavy atom. The third kappa shape index (κ3) is 5.05. The summed E-state index contributed by atoms with van der Waals surface area (Å²) >= 11 is 0. The summed E-state index contributed by atoms with van der Waals surface area (Å²) in [6, 6.07) is 0. The van der Waals surface area contributed by atoms with Gasteiger partial charge in [-0.15, -0.1) is 0 Å². The zero-order valence-corrected chi connectivity index (χ0v) is 9.28. The third-order valence-electron chi connectivity index (χ3n) is 1.23. The Bertz CT molecular complexity index is 195. The molecule has 0 rings (SSSR count). The van der Waals surface area contributed by atoms with Gasteiger partial charge in [0.25, 0.3) is 0 Å². The van der Waals surface area contributed by atoms with Gasteiger partial charge in [0.15, 0.2) is 0 Å².